The number of rotatable bonds is 1. The van der Waals surface area contributed by atoms with Gasteiger partial charge in [-0.25, -0.2) is 18.4 Å². The molecule has 0 saturated carbocycles. The first-order valence-corrected chi connectivity index (χ1v) is 4.22. The van der Waals surface area contributed by atoms with E-state index in [1.54, 1.807) is 0 Å². The van der Waals surface area contributed by atoms with Crippen LogP contribution >= 0.6 is 11.6 Å². The third-order valence-corrected chi connectivity index (χ3v) is 2.15. The quantitative estimate of drug-likeness (QED) is 0.275. The molecule has 0 aliphatic carbocycles. The van der Waals surface area contributed by atoms with Crippen molar-refractivity contribution in [2.24, 2.45) is 0 Å². The monoisotopic (exact) mass is 200 g/mol. The normalized spacial score (nSPS) is 10.5. The maximum Gasteiger partial charge on any atom is 1.00 e. The first kappa shape index (κ1) is 11.9. The summed E-state index contributed by atoms with van der Waals surface area (Å²) in [4.78, 5) is 6.06. The van der Waals surface area contributed by atoms with Gasteiger partial charge in [-0.15, -0.1) is 0 Å². The molecule has 0 aliphatic heterocycles. The van der Waals surface area contributed by atoms with E-state index in [2.05, 4.69) is 9.97 Å². The van der Waals surface area contributed by atoms with E-state index in [-0.39, 0.29) is 24.0 Å². The van der Waals surface area contributed by atoms with Crippen LogP contribution in [0.3, 0.4) is 0 Å². The molecule has 1 aromatic heterocycles. The van der Waals surface area contributed by atoms with Gasteiger partial charge in [-0.2, -0.15) is 0 Å². The van der Waals surface area contributed by atoms with E-state index in [4.69, 9.17) is 11.6 Å². The number of hydrogen-bond acceptors (Lipinski definition) is 5. The van der Waals surface area contributed by atoms with Crippen LogP contribution in [0.15, 0.2) is 17.4 Å². The van der Waals surface area contributed by atoms with Gasteiger partial charge < -0.3 is 4.55 Å². The SMILES string of the molecule is O=S(=O)([O-])c1cncnc1Cl.[Li+]. The molecule has 0 unspecified atom stereocenters. The molecule has 0 bridgehead atoms. The summed E-state index contributed by atoms with van der Waals surface area (Å²) < 4.78 is 31.0. The minimum absolute atomic E-state index is 0. The maximum absolute atomic E-state index is 10.3. The van der Waals surface area contributed by atoms with Crippen LogP contribution in [0.25, 0.3) is 0 Å². The van der Waals surface area contributed by atoms with Crippen molar-refractivity contribution in [3.05, 3.63) is 17.7 Å². The Labute approximate surface area is 86.1 Å². The molecule has 60 valence electrons. The van der Waals surface area contributed by atoms with Crippen LogP contribution in [0, 0.1) is 0 Å². The minimum atomic E-state index is -4.54. The van der Waals surface area contributed by atoms with Crippen LogP contribution in [0.2, 0.25) is 5.15 Å². The van der Waals surface area contributed by atoms with Gasteiger partial charge in [-0.05, 0) is 0 Å². The Morgan fingerprint density at radius 3 is 2.42 bits per heavy atom. The zero-order chi connectivity index (χ0) is 8.48. The molecule has 8 heteroatoms. The molecule has 0 aromatic carbocycles. The first-order valence-electron chi connectivity index (χ1n) is 2.43. The summed E-state index contributed by atoms with van der Waals surface area (Å²) in [7, 11) is -4.54. The molecule has 12 heavy (non-hydrogen) atoms. The standard InChI is InChI=1S/C4H3ClN2O3S.Li/c5-4-3(11(8,9)10)1-6-2-7-4;/h1-2H,(H,8,9,10);/q;+1/p-1. The van der Waals surface area contributed by atoms with Crippen LogP contribution in [0.5, 0.6) is 0 Å². The molecule has 0 saturated heterocycles. The fourth-order valence-electron chi connectivity index (χ4n) is 0.470. The summed E-state index contributed by atoms with van der Waals surface area (Å²) in [5, 5.41) is -0.352. The largest absolute Gasteiger partial charge is 1.00 e. The average Bonchev–Trinajstić information content (AvgIpc) is 1.86. The second-order valence-electron chi connectivity index (χ2n) is 1.63. The Kier molecular flexibility index (Phi) is 4.17. The van der Waals surface area contributed by atoms with Crippen molar-refractivity contribution in [1.82, 2.24) is 9.97 Å². The third-order valence-electron chi connectivity index (χ3n) is 0.902. The van der Waals surface area contributed by atoms with E-state index in [0.29, 0.717) is 0 Å². The molecule has 0 amide bonds. The van der Waals surface area contributed by atoms with Gasteiger partial charge in [0.1, 0.15) is 26.5 Å². The zero-order valence-electron chi connectivity index (χ0n) is 6.06. The second kappa shape index (κ2) is 4.21. The summed E-state index contributed by atoms with van der Waals surface area (Å²) in [6.07, 6.45) is 1.91. The van der Waals surface area contributed by atoms with Crippen molar-refractivity contribution < 1.29 is 31.8 Å². The molecular weight excluding hydrogens is 199 g/mol. The molecule has 0 spiro atoms. The van der Waals surface area contributed by atoms with Crippen LogP contribution in [-0.2, 0) is 10.1 Å². The van der Waals surface area contributed by atoms with Gasteiger partial charge in [0.05, 0.1) is 0 Å². The van der Waals surface area contributed by atoms with Gasteiger partial charge in [0, 0.05) is 6.20 Å². The van der Waals surface area contributed by atoms with Gasteiger partial charge >= 0.3 is 18.9 Å². The zero-order valence-corrected chi connectivity index (χ0v) is 7.63. The topological polar surface area (TPSA) is 83.0 Å². The van der Waals surface area contributed by atoms with Crippen LogP contribution in [0.4, 0.5) is 0 Å². The number of hydrogen-bond donors (Lipinski definition) is 0. The Balaban J connectivity index is 0.00000121. The smallest absolute Gasteiger partial charge is 0.744 e. The average molecular weight is 201 g/mol. The number of nitrogens with zero attached hydrogens (tertiary/aromatic N) is 2. The van der Waals surface area contributed by atoms with E-state index in [1.807, 2.05) is 0 Å². The summed E-state index contributed by atoms with van der Waals surface area (Å²) in [5.74, 6) is 0. The van der Waals surface area contributed by atoms with E-state index < -0.39 is 15.0 Å². The van der Waals surface area contributed by atoms with Gasteiger partial charge in [0.25, 0.3) is 0 Å². The fraction of sp³-hybridized carbons (Fsp3) is 0. The van der Waals surface area contributed by atoms with Crippen LogP contribution in [-0.4, -0.2) is 22.9 Å². The molecular formula is C4H2ClLiN2O3S. The van der Waals surface area contributed by atoms with Crippen molar-refractivity contribution in [2.45, 2.75) is 4.90 Å². The maximum atomic E-state index is 10.3. The molecule has 1 heterocycles. The van der Waals surface area contributed by atoms with Gasteiger partial charge in [-0.3, -0.25) is 0 Å². The number of halogens is 1. The molecule has 0 radical (unpaired) electrons. The summed E-state index contributed by atoms with van der Waals surface area (Å²) in [6, 6.07) is 0. The molecule has 1 rings (SSSR count). The molecule has 0 fully saturated rings. The van der Waals surface area contributed by atoms with E-state index in [9.17, 15) is 13.0 Å². The Morgan fingerprint density at radius 1 is 1.50 bits per heavy atom. The Hall–Kier alpha value is -0.123. The second-order valence-corrected chi connectivity index (χ2v) is 3.34. The van der Waals surface area contributed by atoms with Gasteiger partial charge in [0.15, 0.2) is 0 Å². The predicted octanol–water partition coefficient (Wildman–Crippen LogP) is -2.96. The van der Waals surface area contributed by atoms with Crippen LogP contribution < -0.4 is 18.9 Å². The van der Waals surface area contributed by atoms with E-state index in [1.165, 1.54) is 0 Å². The molecule has 1 aromatic rings. The van der Waals surface area contributed by atoms with Crippen LogP contribution in [0.1, 0.15) is 0 Å². The molecule has 0 atom stereocenters. The van der Waals surface area contributed by atoms with E-state index >= 15 is 0 Å². The summed E-state index contributed by atoms with van der Waals surface area (Å²) >= 11 is 5.28. The summed E-state index contributed by atoms with van der Waals surface area (Å²) in [6.45, 7) is 0. The minimum Gasteiger partial charge on any atom is -0.744 e. The predicted molar refractivity (Wildman–Crippen MR) is 35.0 cm³/mol. The Morgan fingerprint density at radius 2 is 2.08 bits per heavy atom. The van der Waals surface area contributed by atoms with Crippen molar-refractivity contribution >= 4 is 21.7 Å². The third kappa shape index (κ3) is 2.73. The molecule has 5 nitrogen and oxygen atoms in total. The van der Waals surface area contributed by atoms with Crippen molar-refractivity contribution in [3.8, 4) is 0 Å². The Bertz CT molecular complexity index is 368. The first-order chi connectivity index (χ1) is 5.02. The van der Waals surface area contributed by atoms with Crippen molar-refractivity contribution in [1.29, 1.82) is 0 Å². The number of aromatic nitrogens is 2. The molecule has 0 aliphatic rings. The summed E-state index contributed by atoms with van der Waals surface area (Å²) in [5.41, 5.74) is 0. The van der Waals surface area contributed by atoms with Gasteiger partial charge in [-0.1, -0.05) is 11.6 Å². The van der Waals surface area contributed by atoms with Gasteiger partial charge in [0.2, 0.25) is 0 Å². The van der Waals surface area contributed by atoms with Crippen molar-refractivity contribution in [3.63, 3.8) is 0 Å². The van der Waals surface area contributed by atoms with Crippen molar-refractivity contribution in [2.75, 3.05) is 0 Å². The fourth-order valence-corrected chi connectivity index (χ4v) is 1.29. The molecule has 0 N–H and O–H groups in total. The van der Waals surface area contributed by atoms with E-state index in [0.717, 1.165) is 12.5 Å².